The van der Waals surface area contributed by atoms with Gasteiger partial charge < -0.3 is 10.2 Å². The number of rotatable bonds is 5. The molecule has 2 unspecified atom stereocenters. The maximum atomic E-state index is 12.2. The van der Waals surface area contributed by atoms with Crippen molar-refractivity contribution in [3.63, 3.8) is 0 Å². The molecule has 1 N–H and O–H groups in total. The lowest BCUT2D eigenvalue weighted by Gasteiger charge is -2.45. The van der Waals surface area contributed by atoms with Crippen LogP contribution >= 0.6 is 0 Å². The molecule has 1 aliphatic heterocycles. The summed E-state index contributed by atoms with van der Waals surface area (Å²) in [5.41, 5.74) is -0.680. The van der Waals surface area contributed by atoms with Gasteiger partial charge in [-0.25, -0.2) is 0 Å². The minimum Gasteiger partial charge on any atom is -0.343 e. The Hall–Kier alpha value is -1.06. The highest BCUT2D eigenvalue weighted by atomic mass is 16.2. The summed E-state index contributed by atoms with van der Waals surface area (Å²) in [6.45, 7) is 10.6. The van der Waals surface area contributed by atoms with Crippen molar-refractivity contribution in [1.29, 1.82) is 0 Å². The van der Waals surface area contributed by atoms with Crippen LogP contribution in [0.15, 0.2) is 0 Å². The second kappa shape index (κ2) is 5.72. The second-order valence-corrected chi connectivity index (χ2v) is 5.85. The van der Waals surface area contributed by atoms with Gasteiger partial charge in [0.1, 0.15) is 11.6 Å². The summed E-state index contributed by atoms with van der Waals surface area (Å²) in [5, 5.41) is 2.77. The Balaban J connectivity index is 2.79. The van der Waals surface area contributed by atoms with Crippen LogP contribution in [0.2, 0.25) is 0 Å². The van der Waals surface area contributed by atoms with Gasteiger partial charge in [0.2, 0.25) is 11.8 Å². The highest BCUT2D eigenvalue weighted by molar-refractivity contribution is 5.99. The number of piperazine rings is 1. The van der Waals surface area contributed by atoms with Gasteiger partial charge in [0.15, 0.2) is 0 Å². The third-order valence-electron chi connectivity index (χ3n) is 3.92. The predicted octanol–water partition coefficient (Wildman–Crippen LogP) is 1.94. The van der Waals surface area contributed by atoms with Crippen molar-refractivity contribution in [3.05, 3.63) is 0 Å². The maximum Gasteiger partial charge on any atom is 0.246 e. The molecule has 1 fully saturated rings. The van der Waals surface area contributed by atoms with Crippen molar-refractivity contribution in [1.82, 2.24) is 10.2 Å². The Labute approximate surface area is 110 Å². The molecule has 4 heteroatoms. The van der Waals surface area contributed by atoms with Crippen LogP contribution < -0.4 is 5.32 Å². The first-order valence-electron chi connectivity index (χ1n) is 6.95. The van der Waals surface area contributed by atoms with E-state index in [1.54, 1.807) is 11.8 Å². The first kappa shape index (κ1) is 15.0. The molecule has 0 bridgehead atoms. The Bertz CT molecular complexity index is 328. The Kier molecular flexibility index (Phi) is 4.77. The monoisotopic (exact) mass is 254 g/mol. The van der Waals surface area contributed by atoms with E-state index >= 15 is 0 Å². The van der Waals surface area contributed by atoms with Crippen molar-refractivity contribution in [2.24, 2.45) is 5.92 Å². The van der Waals surface area contributed by atoms with Gasteiger partial charge in [0, 0.05) is 6.54 Å². The summed E-state index contributed by atoms with van der Waals surface area (Å²) in [6, 6.07) is -0.392. The van der Waals surface area contributed by atoms with Gasteiger partial charge in [-0.05, 0) is 39.0 Å². The summed E-state index contributed by atoms with van der Waals surface area (Å²) in [6.07, 6.45) is 2.69. The van der Waals surface area contributed by atoms with Crippen LogP contribution in [0.25, 0.3) is 0 Å². The van der Waals surface area contributed by atoms with Gasteiger partial charge in [0.05, 0.1) is 0 Å². The minimum absolute atomic E-state index is 0.0263. The molecule has 0 spiro atoms. The van der Waals surface area contributed by atoms with Gasteiger partial charge in [0.25, 0.3) is 0 Å². The summed E-state index contributed by atoms with van der Waals surface area (Å²) >= 11 is 0. The number of hydrogen-bond acceptors (Lipinski definition) is 2. The van der Waals surface area contributed by atoms with Crippen molar-refractivity contribution in [2.75, 3.05) is 6.54 Å². The summed E-state index contributed by atoms with van der Waals surface area (Å²) in [5.74, 6) is 0.647. The van der Waals surface area contributed by atoms with E-state index in [-0.39, 0.29) is 11.8 Å². The standard InChI is InChI=1S/C14H26N2O2/c1-6-14(5)13(18)15-11(4)12(17)16(14)9-7-8-10(2)3/h10-11H,6-9H2,1-5H3,(H,15,18). The van der Waals surface area contributed by atoms with Crippen molar-refractivity contribution < 1.29 is 9.59 Å². The van der Waals surface area contributed by atoms with E-state index < -0.39 is 11.6 Å². The van der Waals surface area contributed by atoms with Crippen LogP contribution in [0.5, 0.6) is 0 Å². The number of carbonyl (C=O) groups is 2. The van der Waals surface area contributed by atoms with Gasteiger partial charge >= 0.3 is 0 Å². The fraction of sp³-hybridized carbons (Fsp3) is 0.857. The number of amides is 2. The van der Waals surface area contributed by atoms with E-state index in [2.05, 4.69) is 19.2 Å². The topological polar surface area (TPSA) is 49.4 Å². The largest absolute Gasteiger partial charge is 0.343 e. The zero-order valence-corrected chi connectivity index (χ0v) is 12.2. The quantitative estimate of drug-likeness (QED) is 0.815. The summed E-state index contributed by atoms with van der Waals surface area (Å²) in [7, 11) is 0. The molecular weight excluding hydrogens is 228 g/mol. The molecule has 1 saturated heterocycles. The zero-order valence-electron chi connectivity index (χ0n) is 12.2. The third kappa shape index (κ3) is 2.85. The lowest BCUT2D eigenvalue weighted by Crippen LogP contribution is -2.68. The molecule has 2 atom stereocenters. The van der Waals surface area contributed by atoms with Crippen LogP contribution in [0.1, 0.15) is 53.9 Å². The molecule has 1 heterocycles. The summed E-state index contributed by atoms with van der Waals surface area (Å²) in [4.78, 5) is 26.1. The van der Waals surface area contributed by atoms with E-state index in [1.165, 1.54) is 0 Å². The maximum absolute atomic E-state index is 12.2. The lowest BCUT2D eigenvalue weighted by atomic mass is 9.90. The fourth-order valence-electron chi connectivity index (χ4n) is 2.38. The molecule has 1 aliphatic rings. The van der Waals surface area contributed by atoms with Crippen LogP contribution in [0.4, 0.5) is 0 Å². The first-order valence-corrected chi connectivity index (χ1v) is 6.95. The SMILES string of the molecule is CCC1(C)C(=O)NC(C)C(=O)N1CCCC(C)C. The molecule has 1 rings (SSSR count). The number of nitrogens with zero attached hydrogens (tertiary/aromatic N) is 1. The number of carbonyl (C=O) groups excluding carboxylic acids is 2. The van der Waals surface area contributed by atoms with Crippen LogP contribution in [-0.2, 0) is 9.59 Å². The molecule has 0 saturated carbocycles. The van der Waals surface area contributed by atoms with Gasteiger partial charge in [-0.15, -0.1) is 0 Å². The third-order valence-corrected chi connectivity index (χ3v) is 3.92. The Morgan fingerprint density at radius 2 is 2.00 bits per heavy atom. The molecule has 0 aliphatic carbocycles. The average molecular weight is 254 g/mol. The van der Waals surface area contributed by atoms with Crippen LogP contribution in [0, 0.1) is 5.92 Å². The average Bonchev–Trinajstić information content (AvgIpc) is 2.30. The van der Waals surface area contributed by atoms with Crippen molar-refractivity contribution >= 4 is 11.8 Å². The lowest BCUT2D eigenvalue weighted by molar-refractivity contribution is -0.156. The molecule has 18 heavy (non-hydrogen) atoms. The van der Waals surface area contributed by atoms with Gasteiger partial charge in [-0.2, -0.15) is 0 Å². The Morgan fingerprint density at radius 1 is 1.39 bits per heavy atom. The van der Waals surface area contributed by atoms with Crippen molar-refractivity contribution in [2.45, 2.75) is 65.5 Å². The molecule has 104 valence electrons. The normalized spacial score (nSPS) is 28.8. The second-order valence-electron chi connectivity index (χ2n) is 5.85. The van der Waals surface area contributed by atoms with E-state index in [0.29, 0.717) is 18.9 Å². The smallest absolute Gasteiger partial charge is 0.246 e. The highest BCUT2D eigenvalue weighted by Crippen LogP contribution is 2.25. The summed E-state index contributed by atoms with van der Waals surface area (Å²) < 4.78 is 0. The minimum atomic E-state index is -0.680. The van der Waals surface area contributed by atoms with Gasteiger partial charge in [-0.1, -0.05) is 20.8 Å². The molecular formula is C14H26N2O2. The molecule has 0 aromatic carbocycles. The van der Waals surface area contributed by atoms with E-state index in [4.69, 9.17) is 0 Å². The molecule has 0 aromatic heterocycles. The first-order chi connectivity index (χ1) is 8.32. The predicted molar refractivity (Wildman–Crippen MR) is 72.1 cm³/mol. The van der Waals surface area contributed by atoms with E-state index in [9.17, 15) is 9.59 Å². The van der Waals surface area contributed by atoms with Crippen molar-refractivity contribution in [3.8, 4) is 0 Å². The molecule has 2 amide bonds. The fourth-order valence-corrected chi connectivity index (χ4v) is 2.38. The van der Waals surface area contributed by atoms with Crippen LogP contribution in [-0.4, -0.2) is 34.8 Å². The number of hydrogen-bond donors (Lipinski definition) is 1. The molecule has 0 aromatic rings. The zero-order chi connectivity index (χ0) is 13.9. The molecule has 0 radical (unpaired) electrons. The van der Waals surface area contributed by atoms with Gasteiger partial charge in [-0.3, -0.25) is 9.59 Å². The highest BCUT2D eigenvalue weighted by Gasteiger charge is 2.46. The van der Waals surface area contributed by atoms with E-state index in [0.717, 1.165) is 12.8 Å². The van der Waals surface area contributed by atoms with Crippen LogP contribution in [0.3, 0.4) is 0 Å². The Morgan fingerprint density at radius 3 is 2.50 bits per heavy atom. The van der Waals surface area contributed by atoms with E-state index in [1.807, 2.05) is 13.8 Å². The molecule has 4 nitrogen and oxygen atoms in total. The number of nitrogens with one attached hydrogen (secondary N) is 1.